The van der Waals surface area contributed by atoms with E-state index in [1.165, 1.54) is 21.5 Å². The molecule has 0 fully saturated rings. The predicted octanol–water partition coefficient (Wildman–Crippen LogP) is 13.7. The highest BCUT2D eigenvalue weighted by atomic mass is 15.1. The Kier molecular flexibility index (Phi) is 6.61. The minimum atomic E-state index is 0.589. The summed E-state index contributed by atoms with van der Waals surface area (Å²) in [5.41, 5.74) is 12.6. The monoisotopic (exact) mass is 699 g/mol. The van der Waals surface area contributed by atoms with Gasteiger partial charge in [-0.05, 0) is 83.2 Å². The number of hydrogen-bond donors (Lipinski definition) is 0. The molecular formula is C50H29N5. The molecule has 3 aromatic heterocycles. The van der Waals surface area contributed by atoms with E-state index < -0.39 is 0 Å². The lowest BCUT2D eigenvalue weighted by atomic mass is 10.0. The lowest BCUT2D eigenvalue weighted by Gasteiger charge is -2.16. The Morgan fingerprint density at radius 2 is 0.873 bits per heavy atom. The van der Waals surface area contributed by atoms with Crippen molar-refractivity contribution < 1.29 is 0 Å². The summed E-state index contributed by atoms with van der Waals surface area (Å²) in [6.45, 7) is 16.1. The third-order valence-electron chi connectivity index (χ3n) is 11.1. The van der Waals surface area contributed by atoms with Crippen LogP contribution >= 0.6 is 0 Å². The van der Waals surface area contributed by atoms with E-state index in [0.717, 1.165) is 72.1 Å². The van der Waals surface area contributed by atoms with E-state index in [9.17, 15) is 0 Å². The molecule has 3 heterocycles. The van der Waals surface area contributed by atoms with Crippen molar-refractivity contribution in [3.63, 3.8) is 0 Å². The first-order chi connectivity index (χ1) is 27.2. The third-order valence-corrected chi connectivity index (χ3v) is 11.1. The molecule has 0 aliphatic rings. The van der Waals surface area contributed by atoms with Crippen LogP contribution in [0.25, 0.3) is 103 Å². The van der Waals surface area contributed by atoms with Gasteiger partial charge in [0.1, 0.15) is 0 Å². The average Bonchev–Trinajstić information content (AvgIpc) is 3.89. The van der Waals surface area contributed by atoms with Gasteiger partial charge in [0, 0.05) is 32.6 Å². The van der Waals surface area contributed by atoms with Crippen LogP contribution in [0.2, 0.25) is 0 Å². The zero-order chi connectivity index (χ0) is 36.6. The molecule has 8 aromatic carbocycles. The van der Waals surface area contributed by atoms with Crippen LogP contribution in [-0.4, -0.2) is 13.7 Å². The van der Waals surface area contributed by atoms with E-state index in [4.69, 9.17) is 13.1 Å². The Balaban J connectivity index is 1.14. The van der Waals surface area contributed by atoms with Gasteiger partial charge in [-0.25, -0.2) is 9.69 Å². The summed E-state index contributed by atoms with van der Waals surface area (Å²) in [7, 11) is 0. The lowest BCUT2D eigenvalue weighted by molar-refractivity contribution is 1.13. The maximum atomic E-state index is 8.32. The minimum Gasteiger partial charge on any atom is -0.319 e. The van der Waals surface area contributed by atoms with Gasteiger partial charge < -0.3 is 13.7 Å². The van der Waals surface area contributed by atoms with Crippen LogP contribution in [0, 0.1) is 13.1 Å². The second kappa shape index (κ2) is 11.8. The van der Waals surface area contributed by atoms with E-state index in [0.29, 0.717) is 11.4 Å². The Bertz CT molecular complexity index is 3360. The summed E-state index contributed by atoms with van der Waals surface area (Å²) >= 11 is 0. The molecular weight excluding hydrogens is 671 g/mol. The van der Waals surface area contributed by atoms with E-state index in [2.05, 4.69) is 181 Å². The number of aromatic nitrogens is 3. The summed E-state index contributed by atoms with van der Waals surface area (Å²) in [5, 5.41) is 6.85. The second-order valence-electron chi connectivity index (χ2n) is 13.9. The number of benzene rings is 8. The van der Waals surface area contributed by atoms with Crippen LogP contribution in [-0.2, 0) is 0 Å². The highest BCUT2D eigenvalue weighted by molar-refractivity contribution is 6.16. The standard InChI is InChI=1S/C50H29N5/c1-51-34-26-28-47-41(31-34)40-19-12-24-49(55-45-22-9-5-17-38(45)39-18-6-10-23-46(39)55)50(40)53(47)35-14-11-13-32(29-35)33-25-27-48(42(30-33)52-2)54-43-20-7-3-15-36(43)37-16-4-8-21-44(37)54/h3-31H. The highest BCUT2D eigenvalue weighted by Crippen LogP contribution is 2.42. The first kappa shape index (κ1) is 30.7. The van der Waals surface area contributed by atoms with Gasteiger partial charge in [0.15, 0.2) is 5.69 Å². The molecule has 0 radical (unpaired) electrons. The van der Waals surface area contributed by atoms with Gasteiger partial charge in [-0.2, -0.15) is 0 Å². The molecule has 55 heavy (non-hydrogen) atoms. The SMILES string of the molecule is [C-]#[N+]c1ccc2c(c1)c1cccc(-n3c4ccccc4c4ccccc43)c1n2-c1cccc(-c2ccc(-n3c4ccccc4c4ccccc43)c([N+]#[C-])c2)c1. The number of nitrogens with zero attached hydrogens (tertiary/aromatic N) is 5. The smallest absolute Gasteiger partial charge is 0.211 e. The summed E-state index contributed by atoms with van der Waals surface area (Å²) in [6, 6.07) is 61.2. The van der Waals surface area contributed by atoms with Crippen molar-refractivity contribution in [2.45, 2.75) is 0 Å². The van der Waals surface area contributed by atoms with Gasteiger partial charge in [-0.3, -0.25) is 0 Å². The Morgan fingerprint density at radius 1 is 0.345 bits per heavy atom. The number of hydrogen-bond acceptors (Lipinski definition) is 0. The predicted molar refractivity (Wildman–Crippen MR) is 227 cm³/mol. The zero-order valence-corrected chi connectivity index (χ0v) is 29.5. The number of rotatable bonds is 4. The van der Waals surface area contributed by atoms with Crippen LogP contribution in [0.5, 0.6) is 0 Å². The first-order valence-electron chi connectivity index (χ1n) is 18.3. The molecule has 0 amide bonds. The Hall–Kier alpha value is -7.86. The molecule has 0 spiro atoms. The van der Waals surface area contributed by atoms with Gasteiger partial charge in [-0.15, -0.1) is 0 Å². The summed E-state index contributed by atoms with van der Waals surface area (Å²) in [6.07, 6.45) is 0. The van der Waals surface area contributed by atoms with Crippen molar-refractivity contribution in [2.24, 2.45) is 0 Å². The molecule has 5 heteroatoms. The average molecular weight is 700 g/mol. The first-order valence-corrected chi connectivity index (χ1v) is 18.3. The lowest BCUT2D eigenvalue weighted by Crippen LogP contribution is -2.01. The van der Waals surface area contributed by atoms with E-state index in [1.54, 1.807) is 0 Å². The van der Waals surface area contributed by atoms with Gasteiger partial charge in [0.25, 0.3) is 0 Å². The maximum Gasteiger partial charge on any atom is 0.211 e. The normalized spacial score (nSPS) is 11.6. The van der Waals surface area contributed by atoms with Crippen molar-refractivity contribution in [3.8, 4) is 28.2 Å². The molecule has 0 unspecified atom stereocenters. The third kappa shape index (κ3) is 4.45. The zero-order valence-electron chi connectivity index (χ0n) is 29.5. The topological polar surface area (TPSA) is 23.5 Å². The van der Waals surface area contributed by atoms with Crippen LogP contribution < -0.4 is 0 Å². The Morgan fingerprint density at radius 3 is 1.47 bits per heavy atom. The summed E-state index contributed by atoms with van der Waals surface area (Å²) in [5.74, 6) is 0. The van der Waals surface area contributed by atoms with E-state index >= 15 is 0 Å². The van der Waals surface area contributed by atoms with Crippen molar-refractivity contribution in [3.05, 3.63) is 199 Å². The van der Waals surface area contributed by atoms with Gasteiger partial charge in [-0.1, -0.05) is 109 Å². The van der Waals surface area contributed by atoms with Crippen LogP contribution in [0.15, 0.2) is 176 Å². The van der Waals surface area contributed by atoms with E-state index in [-0.39, 0.29) is 0 Å². The second-order valence-corrected chi connectivity index (χ2v) is 13.9. The van der Waals surface area contributed by atoms with Crippen molar-refractivity contribution in [2.75, 3.05) is 0 Å². The fraction of sp³-hybridized carbons (Fsp3) is 0. The van der Waals surface area contributed by atoms with Crippen LogP contribution in [0.4, 0.5) is 11.4 Å². The molecule has 0 saturated heterocycles. The Labute approximate surface area is 316 Å². The number of para-hydroxylation sites is 5. The van der Waals surface area contributed by atoms with Crippen LogP contribution in [0.3, 0.4) is 0 Å². The van der Waals surface area contributed by atoms with E-state index in [1.807, 2.05) is 18.2 Å². The molecule has 5 nitrogen and oxygen atoms in total. The molecule has 254 valence electrons. The highest BCUT2D eigenvalue weighted by Gasteiger charge is 2.21. The fourth-order valence-electron chi connectivity index (χ4n) is 8.73. The van der Waals surface area contributed by atoms with Crippen molar-refractivity contribution >= 4 is 76.8 Å². The van der Waals surface area contributed by atoms with Crippen molar-refractivity contribution in [1.29, 1.82) is 0 Å². The summed E-state index contributed by atoms with van der Waals surface area (Å²) < 4.78 is 6.92. The van der Waals surface area contributed by atoms with Crippen LogP contribution in [0.1, 0.15) is 0 Å². The largest absolute Gasteiger partial charge is 0.319 e. The molecule has 11 rings (SSSR count). The molecule has 11 aromatic rings. The molecule has 0 atom stereocenters. The molecule has 0 aliphatic carbocycles. The minimum absolute atomic E-state index is 0.589. The van der Waals surface area contributed by atoms with Gasteiger partial charge in [0.05, 0.1) is 57.6 Å². The maximum absolute atomic E-state index is 8.32. The molecule has 0 bridgehead atoms. The van der Waals surface area contributed by atoms with Crippen molar-refractivity contribution in [1.82, 2.24) is 13.7 Å². The van der Waals surface area contributed by atoms with Gasteiger partial charge >= 0.3 is 0 Å². The molecule has 0 saturated carbocycles. The number of fused-ring (bicyclic) bond motifs is 9. The van der Waals surface area contributed by atoms with Gasteiger partial charge in [0.2, 0.25) is 5.69 Å². The quantitative estimate of drug-likeness (QED) is 0.163. The molecule has 0 aliphatic heterocycles. The fourth-order valence-corrected chi connectivity index (χ4v) is 8.73. The molecule has 0 N–H and O–H groups in total. The summed E-state index contributed by atoms with van der Waals surface area (Å²) in [4.78, 5) is 7.89.